The first-order valence-electron chi connectivity index (χ1n) is 5.57. The van der Waals surface area contributed by atoms with E-state index in [1.54, 1.807) is 0 Å². The SMILES string of the molecule is Cc1cccc(C(=O)NCCCCI)c1C. The second-order valence-electron chi connectivity index (χ2n) is 3.90. The van der Waals surface area contributed by atoms with Crippen LogP contribution in [0.15, 0.2) is 18.2 Å². The van der Waals surface area contributed by atoms with Crippen LogP contribution in [-0.2, 0) is 0 Å². The number of alkyl halides is 1. The first kappa shape index (κ1) is 13.5. The van der Waals surface area contributed by atoms with E-state index in [0.29, 0.717) is 0 Å². The number of unbranched alkanes of at least 4 members (excludes halogenated alkanes) is 1. The molecule has 1 aromatic rings. The smallest absolute Gasteiger partial charge is 0.251 e. The number of carbonyl (C=O) groups is 1. The minimum atomic E-state index is 0.0506. The molecule has 0 saturated carbocycles. The zero-order valence-corrected chi connectivity index (χ0v) is 12.0. The quantitative estimate of drug-likeness (QED) is 0.501. The lowest BCUT2D eigenvalue weighted by atomic mass is 10.0. The normalized spacial score (nSPS) is 10.2. The van der Waals surface area contributed by atoms with Crippen LogP contribution < -0.4 is 5.32 Å². The second kappa shape index (κ2) is 6.89. The van der Waals surface area contributed by atoms with Crippen molar-refractivity contribution in [3.05, 3.63) is 34.9 Å². The van der Waals surface area contributed by atoms with Crippen LogP contribution in [-0.4, -0.2) is 16.9 Å². The summed E-state index contributed by atoms with van der Waals surface area (Å²) in [7, 11) is 0. The minimum absolute atomic E-state index is 0.0506. The van der Waals surface area contributed by atoms with Crippen LogP contribution in [0.5, 0.6) is 0 Å². The number of aryl methyl sites for hydroxylation is 1. The predicted molar refractivity (Wildman–Crippen MR) is 76.4 cm³/mol. The fraction of sp³-hybridized carbons (Fsp3) is 0.462. The van der Waals surface area contributed by atoms with Gasteiger partial charge in [-0.2, -0.15) is 0 Å². The van der Waals surface area contributed by atoms with E-state index in [2.05, 4.69) is 27.9 Å². The number of halogens is 1. The number of benzene rings is 1. The molecule has 0 radical (unpaired) electrons. The molecule has 1 amide bonds. The van der Waals surface area contributed by atoms with Gasteiger partial charge in [-0.15, -0.1) is 0 Å². The molecule has 3 heteroatoms. The third kappa shape index (κ3) is 3.77. The maximum absolute atomic E-state index is 11.9. The first-order valence-corrected chi connectivity index (χ1v) is 7.09. The van der Waals surface area contributed by atoms with Gasteiger partial charge in [0, 0.05) is 12.1 Å². The van der Waals surface area contributed by atoms with Crippen LogP contribution in [0, 0.1) is 13.8 Å². The number of amides is 1. The molecular formula is C13H18INO. The summed E-state index contributed by atoms with van der Waals surface area (Å²) in [5, 5.41) is 2.96. The molecule has 0 bridgehead atoms. The Balaban J connectivity index is 2.56. The van der Waals surface area contributed by atoms with Crippen LogP contribution in [0.4, 0.5) is 0 Å². The molecule has 88 valence electrons. The molecule has 16 heavy (non-hydrogen) atoms. The van der Waals surface area contributed by atoms with E-state index >= 15 is 0 Å². The van der Waals surface area contributed by atoms with Crippen molar-refractivity contribution in [3.8, 4) is 0 Å². The molecule has 0 saturated heterocycles. The van der Waals surface area contributed by atoms with Gasteiger partial charge >= 0.3 is 0 Å². The van der Waals surface area contributed by atoms with E-state index < -0.39 is 0 Å². The number of carbonyl (C=O) groups excluding carboxylic acids is 1. The summed E-state index contributed by atoms with van der Waals surface area (Å²) in [6.45, 7) is 4.80. The zero-order chi connectivity index (χ0) is 12.0. The van der Waals surface area contributed by atoms with Crippen molar-refractivity contribution in [2.45, 2.75) is 26.7 Å². The molecule has 2 nitrogen and oxygen atoms in total. The van der Waals surface area contributed by atoms with Crippen molar-refractivity contribution in [2.24, 2.45) is 0 Å². The Morgan fingerprint density at radius 2 is 2.06 bits per heavy atom. The van der Waals surface area contributed by atoms with Gasteiger partial charge in [-0.1, -0.05) is 34.7 Å². The van der Waals surface area contributed by atoms with Crippen LogP contribution in [0.3, 0.4) is 0 Å². The standard InChI is InChI=1S/C13H18INO/c1-10-6-5-7-12(11(10)2)13(16)15-9-4-3-8-14/h5-7H,3-4,8-9H2,1-2H3,(H,15,16). The van der Waals surface area contributed by atoms with Crippen LogP contribution in [0.25, 0.3) is 0 Å². The average Bonchev–Trinajstić information content (AvgIpc) is 2.28. The Labute approximate surface area is 111 Å². The summed E-state index contributed by atoms with van der Waals surface area (Å²) in [6.07, 6.45) is 2.22. The van der Waals surface area contributed by atoms with Crippen molar-refractivity contribution < 1.29 is 4.79 Å². The summed E-state index contributed by atoms with van der Waals surface area (Å²) in [6, 6.07) is 5.85. The molecule has 1 aromatic carbocycles. The molecule has 0 spiro atoms. The lowest BCUT2D eigenvalue weighted by Crippen LogP contribution is -2.25. The second-order valence-corrected chi connectivity index (χ2v) is 4.98. The summed E-state index contributed by atoms with van der Waals surface area (Å²) in [5.41, 5.74) is 3.04. The van der Waals surface area contributed by atoms with E-state index in [-0.39, 0.29) is 5.91 Å². The van der Waals surface area contributed by atoms with E-state index in [1.807, 2.05) is 32.0 Å². The minimum Gasteiger partial charge on any atom is -0.352 e. The molecule has 0 fully saturated rings. The van der Waals surface area contributed by atoms with Gasteiger partial charge in [0.1, 0.15) is 0 Å². The summed E-state index contributed by atoms with van der Waals surface area (Å²) < 4.78 is 1.15. The monoisotopic (exact) mass is 331 g/mol. The summed E-state index contributed by atoms with van der Waals surface area (Å²) in [5.74, 6) is 0.0506. The highest BCUT2D eigenvalue weighted by Crippen LogP contribution is 2.12. The largest absolute Gasteiger partial charge is 0.352 e. The van der Waals surface area contributed by atoms with Gasteiger partial charge in [0.15, 0.2) is 0 Å². The third-order valence-electron chi connectivity index (χ3n) is 2.70. The Morgan fingerprint density at radius 1 is 1.31 bits per heavy atom. The van der Waals surface area contributed by atoms with Crippen molar-refractivity contribution in [1.82, 2.24) is 5.32 Å². The maximum Gasteiger partial charge on any atom is 0.251 e. The summed E-state index contributed by atoms with van der Waals surface area (Å²) >= 11 is 2.35. The Hall–Kier alpha value is -0.580. The van der Waals surface area contributed by atoms with E-state index in [4.69, 9.17) is 0 Å². The van der Waals surface area contributed by atoms with Crippen molar-refractivity contribution in [3.63, 3.8) is 0 Å². The van der Waals surface area contributed by atoms with Gasteiger partial charge < -0.3 is 5.32 Å². The Bertz CT molecular complexity index is 363. The topological polar surface area (TPSA) is 29.1 Å². The molecule has 0 unspecified atom stereocenters. The Kier molecular flexibility index (Phi) is 5.80. The van der Waals surface area contributed by atoms with E-state index in [9.17, 15) is 4.79 Å². The molecule has 1 N–H and O–H groups in total. The van der Waals surface area contributed by atoms with Crippen LogP contribution >= 0.6 is 22.6 Å². The first-order chi connectivity index (χ1) is 7.66. The molecule has 0 aromatic heterocycles. The Morgan fingerprint density at radius 3 is 2.75 bits per heavy atom. The van der Waals surface area contributed by atoms with Gasteiger partial charge in [-0.3, -0.25) is 4.79 Å². The van der Waals surface area contributed by atoms with E-state index in [1.165, 1.54) is 5.56 Å². The highest BCUT2D eigenvalue weighted by molar-refractivity contribution is 14.1. The molecular weight excluding hydrogens is 313 g/mol. The fourth-order valence-corrected chi connectivity index (χ4v) is 2.05. The fourth-order valence-electron chi connectivity index (χ4n) is 1.51. The lowest BCUT2D eigenvalue weighted by Gasteiger charge is -2.09. The molecule has 0 aliphatic carbocycles. The number of rotatable bonds is 5. The summed E-state index contributed by atoms with van der Waals surface area (Å²) in [4.78, 5) is 11.9. The van der Waals surface area contributed by atoms with Crippen molar-refractivity contribution in [1.29, 1.82) is 0 Å². The molecule has 1 rings (SSSR count). The maximum atomic E-state index is 11.9. The van der Waals surface area contributed by atoms with Crippen LogP contribution in [0.1, 0.15) is 34.3 Å². The predicted octanol–water partition coefficient (Wildman–Crippen LogP) is 3.25. The zero-order valence-electron chi connectivity index (χ0n) is 9.85. The number of nitrogens with one attached hydrogen (secondary N) is 1. The molecule has 0 aliphatic rings. The number of hydrogen-bond acceptors (Lipinski definition) is 1. The third-order valence-corrected chi connectivity index (χ3v) is 3.46. The highest BCUT2D eigenvalue weighted by atomic mass is 127. The highest BCUT2D eigenvalue weighted by Gasteiger charge is 2.08. The molecule has 0 aliphatic heterocycles. The van der Waals surface area contributed by atoms with Gasteiger partial charge in [0.05, 0.1) is 0 Å². The van der Waals surface area contributed by atoms with Gasteiger partial charge in [0.25, 0.3) is 5.91 Å². The van der Waals surface area contributed by atoms with Gasteiger partial charge in [-0.05, 0) is 48.3 Å². The lowest BCUT2D eigenvalue weighted by molar-refractivity contribution is 0.0952. The molecule has 0 heterocycles. The van der Waals surface area contributed by atoms with Crippen LogP contribution in [0.2, 0.25) is 0 Å². The van der Waals surface area contributed by atoms with Crippen molar-refractivity contribution >= 4 is 28.5 Å². The van der Waals surface area contributed by atoms with Gasteiger partial charge in [-0.25, -0.2) is 0 Å². The number of hydrogen-bond donors (Lipinski definition) is 1. The molecule has 0 atom stereocenters. The van der Waals surface area contributed by atoms with Crippen molar-refractivity contribution in [2.75, 3.05) is 11.0 Å². The van der Waals surface area contributed by atoms with E-state index in [0.717, 1.165) is 34.9 Å². The van der Waals surface area contributed by atoms with Gasteiger partial charge in [0.2, 0.25) is 0 Å². The average molecular weight is 331 g/mol.